The second kappa shape index (κ2) is 6.87. The molecule has 1 N–H and O–H groups in total. The van der Waals surface area contributed by atoms with Crippen molar-refractivity contribution in [1.29, 1.82) is 0 Å². The molecule has 1 aromatic heterocycles. The van der Waals surface area contributed by atoms with E-state index in [9.17, 15) is 9.59 Å². The molecule has 22 heavy (non-hydrogen) atoms. The average Bonchev–Trinajstić information content (AvgIpc) is 3.12. The summed E-state index contributed by atoms with van der Waals surface area (Å²) < 4.78 is 7.43. The lowest BCUT2D eigenvalue weighted by atomic mass is 10.2. The predicted octanol–water partition coefficient (Wildman–Crippen LogP) is -0.0881. The molecule has 3 heterocycles. The lowest BCUT2D eigenvalue weighted by Crippen LogP contribution is -2.48. The minimum atomic E-state index is -0.0623. The summed E-state index contributed by atoms with van der Waals surface area (Å²) in [6, 6.07) is 0. The van der Waals surface area contributed by atoms with Gasteiger partial charge in [0, 0.05) is 25.7 Å². The van der Waals surface area contributed by atoms with Crippen molar-refractivity contribution in [2.24, 2.45) is 0 Å². The molecule has 0 aliphatic carbocycles. The largest absolute Gasteiger partial charge is 0.353 e. The standard InChI is InChI=1S/C14H21N5O3/c20-12(4-2-1-3-6-18-7-5-16-17-18)15-9-11-10-19-13(21)8-14(19)22-11/h5,7,11,14H,1-4,6,8-10H2,(H,15,20). The first-order valence-electron chi connectivity index (χ1n) is 7.78. The van der Waals surface area contributed by atoms with Gasteiger partial charge < -0.3 is 15.0 Å². The fourth-order valence-corrected chi connectivity index (χ4v) is 2.77. The number of amides is 2. The molecule has 0 aromatic carbocycles. The average molecular weight is 307 g/mol. The molecule has 8 heteroatoms. The first-order chi connectivity index (χ1) is 10.7. The van der Waals surface area contributed by atoms with Gasteiger partial charge in [-0.3, -0.25) is 14.3 Å². The monoisotopic (exact) mass is 307 g/mol. The van der Waals surface area contributed by atoms with Crippen molar-refractivity contribution < 1.29 is 14.3 Å². The maximum Gasteiger partial charge on any atom is 0.229 e. The Balaban J connectivity index is 1.22. The molecule has 0 spiro atoms. The van der Waals surface area contributed by atoms with Crippen LogP contribution in [0.2, 0.25) is 0 Å². The van der Waals surface area contributed by atoms with Crippen molar-refractivity contribution in [3.05, 3.63) is 12.4 Å². The number of rotatable bonds is 8. The first-order valence-corrected chi connectivity index (χ1v) is 7.78. The van der Waals surface area contributed by atoms with E-state index < -0.39 is 0 Å². The molecule has 2 aliphatic rings. The van der Waals surface area contributed by atoms with Crippen molar-refractivity contribution in [2.75, 3.05) is 13.1 Å². The molecule has 0 saturated carbocycles. The number of carbonyl (C=O) groups is 2. The summed E-state index contributed by atoms with van der Waals surface area (Å²) in [5, 5.41) is 10.5. The molecular formula is C14H21N5O3. The second-order valence-corrected chi connectivity index (χ2v) is 5.74. The Morgan fingerprint density at radius 3 is 3.05 bits per heavy atom. The topological polar surface area (TPSA) is 89.4 Å². The maximum atomic E-state index is 11.8. The van der Waals surface area contributed by atoms with Crippen molar-refractivity contribution >= 4 is 11.8 Å². The van der Waals surface area contributed by atoms with Gasteiger partial charge in [-0.15, -0.1) is 5.10 Å². The highest BCUT2D eigenvalue weighted by molar-refractivity contribution is 5.83. The van der Waals surface area contributed by atoms with Crippen molar-refractivity contribution in [2.45, 2.75) is 51.0 Å². The smallest absolute Gasteiger partial charge is 0.229 e. The Morgan fingerprint density at radius 2 is 2.32 bits per heavy atom. The fourth-order valence-electron chi connectivity index (χ4n) is 2.77. The summed E-state index contributed by atoms with van der Waals surface area (Å²) in [6.07, 6.45) is 7.22. The lowest BCUT2D eigenvalue weighted by Gasteiger charge is -2.31. The maximum absolute atomic E-state index is 11.8. The number of aryl methyl sites for hydroxylation is 1. The number of unbranched alkanes of at least 4 members (excludes halogenated alkanes) is 2. The van der Waals surface area contributed by atoms with Crippen molar-refractivity contribution in [3.8, 4) is 0 Å². The number of hydrogen-bond donors (Lipinski definition) is 1. The molecule has 0 radical (unpaired) electrons. The van der Waals surface area contributed by atoms with Gasteiger partial charge in [-0.05, 0) is 12.8 Å². The summed E-state index contributed by atoms with van der Waals surface area (Å²) in [5.74, 6) is 0.191. The zero-order chi connectivity index (χ0) is 15.4. The van der Waals surface area contributed by atoms with Crippen LogP contribution in [0.3, 0.4) is 0 Å². The number of nitrogens with zero attached hydrogens (tertiary/aromatic N) is 4. The number of nitrogens with one attached hydrogen (secondary N) is 1. The Bertz CT molecular complexity index is 519. The number of hydrogen-bond acceptors (Lipinski definition) is 5. The summed E-state index contributed by atoms with van der Waals surface area (Å²) in [6.45, 7) is 1.92. The molecule has 2 saturated heterocycles. The molecule has 2 unspecified atom stereocenters. The second-order valence-electron chi connectivity index (χ2n) is 5.74. The van der Waals surface area contributed by atoms with Gasteiger partial charge in [-0.25, -0.2) is 0 Å². The van der Waals surface area contributed by atoms with E-state index in [-0.39, 0.29) is 24.1 Å². The van der Waals surface area contributed by atoms with E-state index in [4.69, 9.17) is 4.74 Å². The zero-order valence-corrected chi connectivity index (χ0v) is 12.5. The normalized spacial score (nSPS) is 23.3. The van der Waals surface area contributed by atoms with Crippen LogP contribution in [-0.4, -0.2) is 57.1 Å². The third-order valence-corrected chi connectivity index (χ3v) is 4.06. The number of β-lactam (4-membered cyclic amide) rings is 1. The SMILES string of the molecule is O=C(CCCCCn1ccnn1)NCC1CN2C(=O)CC2O1. The summed E-state index contributed by atoms with van der Waals surface area (Å²) in [4.78, 5) is 24.7. The number of ether oxygens (including phenoxy) is 1. The van der Waals surface area contributed by atoms with Crippen molar-refractivity contribution in [1.82, 2.24) is 25.2 Å². The molecule has 0 bridgehead atoms. The van der Waals surface area contributed by atoms with Gasteiger partial charge in [0.2, 0.25) is 11.8 Å². The zero-order valence-electron chi connectivity index (χ0n) is 12.5. The molecule has 2 atom stereocenters. The Morgan fingerprint density at radius 1 is 1.41 bits per heavy atom. The molecule has 8 nitrogen and oxygen atoms in total. The van der Waals surface area contributed by atoms with Crippen LogP contribution in [0.4, 0.5) is 0 Å². The molecule has 3 rings (SSSR count). The molecule has 2 aliphatic heterocycles. The lowest BCUT2D eigenvalue weighted by molar-refractivity contribution is -0.156. The number of aromatic nitrogens is 3. The number of carbonyl (C=O) groups excluding carboxylic acids is 2. The van der Waals surface area contributed by atoms with Crippen LogP contribution in [0.1, 0.15) is 32.1 Å². The highest BCUT2D eigenvalue weighted by atomic mass is 16.5. The van der Waals surface area contributed by atoms with Gasteiger partial charge in [0.1, 0.15) is 6.23 Å². The van der Waals surface area contributed by atoms with Crippen molar-refractivity contribution in [3.63, 3.8) is 0 Å². The van der Waals surface area contributed by atoms with E-state index in [1.54, 1.807) is 15.8 Å². The van der Waals surface area contributed by atoms with E-state index in [0.29, 0.717) is 25.9 Å². The van der Waals surface area contributed by atoms with Crippen LogP contribution >= 0.6 is 0 Å². The van der Waals surface area contributed by atoms with Gasteiger partial charge in [-0.2, -0.15) is 0 Å². The third kappa shape index (κ3) is 3.62. The van der Waals surface area contributed by atoms with Gasteiger partial charge in [0.25, 0.3) is 0 Å². The minimum absolute atomic E-state index is 0.0462. The van der Waals surface area contributed by atoms with Crippen LogP contribution < -0.4 is 5.32 Å². The Labute approximate surface area is 128 Å². The van der Waals surface area contributed by atoms with E-state index in [1.165, 1.54) is 0 Å². The van der Waals surface area contributed by atoms with Gasteiger partial charge >= 0.3 is 0 Å². The molecule has 2 amide bonds. The highest BCUT2D eigenvalue weighted by Gasteiger charge is 2.44. The van der Waals surface area contributed by atoms with Gasteiger partial charge in [0.15, 0.2) is 0 Å². The van der Waals surface area contributed by atoms with E-state index in [1.807, 2.05) is 6.20 Å². The third-order valence-electron chi connectivity index (χ3n) is 4.06. The highest BCUT2D eigenvalue weighted by Crippen LogP contribution is 2.28. The summed E-state index contributed by atoms with van der Waals surface area (Å²) in [5.41, 5.74) is 0. The van der Waals surface area contributed by atoms with E-state index in [2.05, 4.69) is 15.6 Å². The van der Waals surface area contributed by atoms with Crippen LogP contribution in [0, 0.1) is 0 Å². The minimum Gasteiger partial charge on any atom is -0.353 e. The quantitative estimate of drug-likeness (QED) is 0.535. The summed E-state index contributed by atoms with van der Waals surface area (Å²) in [7, 11) is 0. The van der Waals surface area contributed by atoms with Crippen LogP contribution in [0.15, 0.2) is 12.4 Å². The fraction of sp³-hybridized carbons (Fsp3) is 0.714. The van der Waals surface area contributed by atoms with Crippen LogP contribution in [0.5, 0.6) is 0 Å². The first kappa shape index (κ1) is 15.0. The number of fused-ring (bicyclic) bond motifs is 1. The molecule has 2 fully saturated rings. The molecule has 120 valence electrons. The predicted molar refractivity (Wildman–Crippen MR) is 76.5 cm³/mol. The van der Waals surface area contributed by atoms with E-state index in [0.717, 1.165) is 25.8 Å². The van der Waals surface area contributed by atoms with E-state index >= 15 is 0 Å². The Hall–Kier alpha value is -1.96. The Kier molecular flexibility index (Phi) is 4.67. The van der Waals surface area contributed by atoms with Crippen LogP contribution in [0.25, 0.3) is 0 Å². The molecular weight excluding hydrogens is 286 g/mol. The molecule has 1 aromatic rings. The van der Waals surface area contributed by atoms with Gasteiger partial charge in [0.05, 0.1) is 25.3 Å². The van der Waals surface area contributed by atoms with Crippen LogP contribution in [-0.2, 0) is 20.9 Å². The summed E-state index contributed by atoms with van der Waals surface area (Å²) >= 11 is 0. The van der Waals surface area contributed by atoms with Gasteiger partial charge in [-0.1, -0.05) is 11.6 Å².